The van der Waals surface area contributed by atoms with Gasteiger partial charge in [0.2, 0.25) is 5.91 Å². The van der Waals surface area contributed by atoms with Crippen molar-refractivity contribution in [1.29, 1.82) is 0 Å². The molecule has 1 amide bonds. The molecule has 2 rings (SSSR count). The predicted molar refractivity (Wildman–Crippen MR) is 96.8 cm³/mol. The molecule has 2 aromatic rings. The van der Waals surface area contributed by atoms with Gasteiger partial charge in [-0.3, -0.25) is 4.79 Å². The zero-order chi connectivity index (χ0) is 17.0. The highest BCUT2D eigenvalue weighted by Gasteiger charge is 2.16. The van der Waals surface area contributed by atoms with Crippen molar-refractivity contribution < 1.29 is 13.2 Å². The Morgan fingerprint density at radius 1 is 1.46 bits per heavy atom. The van der Waals surface area contributed by atoms with Crippen molar-refractivity contribution in [2.45, 2.75) is 12.5 Å². The maximum Gasteiger partial charge on any atom is 0.241 e. The summed E-state index contributed by atoms with van der Waals surface area (Å²) in [4.78, 5) is 12.0. The van der Waals surface area contributed by atoms with Crippen LogP contribution in [0, 0.1) is 0 Å². The molecule has 0 spiro atoms. The molecular formula is C14H18Cl2N4O3S. The molecule has 10 heteroatoms. The van der Waals surface area contributed by atoms with Gasteiger partial charge in [-0.2, -0.15) is 5.10 Å². The molecule has 1 atom stereocenters. The van der Waals surface area contributed by atoms with Crippen molar-refractivity contribution in [3.8, 4) is 5.69 Å². The second-order valence-electron chi connectivity index (χ2n) is 5.13. The number of benzene rings is 1. The number of sulfone groups is 1. The molecular weight excluding hydrogens is 375 g/mol. The van der Waals surface area contributed by atoms with E-state index in [-0.39, 0.29) is 24.6 Å². The van der Waals surface area contributed by atoms with Crippen LogP contribution in [0.25, 0.3) is 5.69 Å². The zero-order valence-corrected chi connectivity index (χ0v) is 15.2. The second kappa shape index (κ2) is 8.48. The highest BCUT2D eigenvalue weighted by molar-refractivity contribution is 7.90. The van der Waals surface area contributed by atoms with Crippen LogP contribution in [0.2, 0.25) is 5.02 Å². The number of aromatic nitrogens is 2. The Labute approximate surface area is 151 Å². The first-order chi connectivity index (χ1) is 10.8. The average molecular weight is 393 g/mol. The standard InChI is InChI=1S/C14H17ClN4O3S.ClH/c1-23(21,22)8-5-12(16)14(20)18-10-3-4-13(11(15)9-10)19-7-2-6-17-19;/h2-4,6-7,9,12H,5,8,16H2,1H3,(H,18,20);1H. The van der Waals surface area contributed by atoms with Gasteiger partial charge < -0.3 is 11.1 Å². The van der Waals surface area contributed by atoms with E-state index in [1.165, 1.54) is 0 Å². The minimum Gasteiger partial charge on any atom is -0.325 e. The Morgan fingerprint density at radius 2 is 2.17 bits per heavy atom. The molecule has 132 valence electrons. The fourth-order valence-electron chi connectivity index (χ4n) is 1.89. The van der Waals surface area contributed by atoms with Gasteiger partial charge in [-0.15, -0.1) is 12.4 Å². The molecule has 24 heavy (non-hydrogen) atoms. The zero-order valence-electron chi connectivity index (χ0n) is 12.8. The maximum atomic E-state index is 12.0. The Bertz CT molecular complexity index is 794. The molecule has 1 aromatic heterocycles. The van der Waals surface area contributed by atoms with Crippen molar-refractivity contribution in [2.24, 2.45) is 5.73 Å². The van der Waals surface area contributed by atoms with Gasteiger partial charge in [0.1, 0.15) is 9.84 Å². The third kappa shape index (κ3) is 5.79. The second-order valence-corrected chi connectivity index (χ2v) is 7.80. The number of halogens is 2. The van der Waals surface area contributed by atoms with Gasteiger partial charge in [0.15, 0.2) is 0 Å². The van der Waals surface area contributed by atoms with Crippen LogP contribution in [0.15, 0.2) is 36.7 Å². The molecule has 3 N–H and O–H groups in total. The average Bonchev–Trinajstić information content (AvgIpc) is 2.98. The highest BCUT2D eigenvalue weighted by atomic mass is 35.5. The molecule has 0 saturated heterocycles. The van der Waals surface area contributed by atoms with E-state index < -0.39 is 21.8 Å². The Morgan fingerprint density at radius 3 is 2.71 bits per heavy atom. The highest BCUT2D eigenvalue weighted by Crippen LogP contribution is 2.23. The fourth-order valence-corrected chi connectivity index (χ4v) is 2.84. The number of hydrogen-bond acceptors (Lipinski definition) is 5. The van der Waals surface area contributed by atoms with Crippen molar-refractivity contribution in [2.75, 3.05) is 17.3 Å². The van der Waals surface area contributed by atoms with E-state index in [0.717, 1.165) is 6.26 Å². The summed E-state index contributed by atoms with van der Waals surface area (Å²) in [7, 11) is -3.15. The number of hydrogen-bond donors (Lipinski definition) is 2. The number of rotatable bonds is 6. The van der Waals surface area contributed by atoms with E-state index in [1.807, 2.05) is 0 Å². The van der Waals surface area contributed by atoms with Crippen LogP contribution >= 0.6 is 24.0 Å². The number of nitrogens with zero attached hydrogens (tertiary/aromatic N) is 2. The van der Waals surface area contributed by atoms with Crippen molar-refractivity contribution in [3.05, 3.63) is 41.7 Å². The number of carbonyl (C=O) groups is 1. The summed E-state index contributed by atoms with van der Waals surface area (Å²) in [5.41, 5.74) is 6.85. The monoisotopic (exact) mass is 392 g/mol. The lowest BCUT2D eigenvalue weighted by Gasteiger charge is -2.13. The lowest BCUT2D eigenvalue weighted by atomic mass is 10.2. The number of nitrogens with two attached hydrogens (primary N) is 1. The van der Waals surface area contributed by atoms with Crippen LogP contribution in [0.3, 0.4) is 0 Å². The van der Waals surface area contributed by atoms with E-state index >= 15 is 0 Å². The minimum atomic E-state index is -3.15. The number of amides is 1. The topological polar surface area (TPSA) is 107 Å². The summed E-state index contributed by atoms with van der Waals surface area (Å²) < 4.78 is 23.8. The molecule has 1 aromatic carbocycles. The van der Waals surface area contributed by atoms with Gasteiger partial charge in [0.25, 0.3) is 0 Å². The molecule has 1 unspecified atom stereocenters. The molecule has 0 radical (unpaired) electrons. The molecule has 0 aliphatic heterocycles. The summed E-state index contributed by atoms with van der Waals surface area (Å²) >= 11 is 6.18. The summed E-state index contributed by atoms with van der Waals surface area (Å²) in [6, 6.07) is 5.83. The van der Waals surface area contributed by atoms with Crippen LogP contribution in [-0.2, 0) is 14.6 Å². The van der Waals surface area contributed by atoms with Gasteiger partial charge in [-0.05, 0) is 30.7 Å². The lowest BCUT2D eigenvalue weighted by Crippen LogP contribution is -2.37. The SMILES string of the molecule is CS(=O)(=O)CCC(N)C(=O)Nc1ccc(-n2cccn2)c(Cl)c1.Cl. The van der Waals surface area contributed by atoms with Crippen LogP contribution in [0.4, 0.5) is 5.69 Å². The van der Waals surface area contributed by atoms with E-state index in [9.17, 15) is 13.2 Å². The number of nitrogens with one attached hydrogen (secondary N) is 1. The lowest BCUT2D eigenvalue weighted by molar-refractivity contribution is -0.117. The molecule has 0 saturated carbocycles. The first-order valence-corrected chi connectivity index (χ1v) is 9.24. The minimum absolute atomic E-state index is 0. The Kier molecular flexibility index (Phi) is 7.22. The first kappa shape index (κ1) is 20.4. The largest absolute Gasteiger partial charge is 0.325 e. The van der Waals surface area contributed by atoms with Gasteiger partial charge in [0.05, 0.1) is 22.5 Å². The Balaban J connectivity index is 0.00000288. The smallest absolute Gasteiger partial charge is 0.241 e. The third-order valence-electron chi connectivity index (χ3n) is 3.10. The summed E-state index contributed by atoms with van der Waals surface area (Å²) in [6.07, 6.45) is 4.54. The van der Waals surface area contributed by atoms with Crippen LogP contribution in [-0.4, -0.2) is 42.2 Å². The first-order valence-electron chi connectivity index (χ1n) is 6.80. The van der Waals surface area contributed by atoms with Crippen molar-refractivity contribution in [1.82, 2.24) is 9.78 Å². The molecule has 0 aliphatic rings. The molecule has 0 fully saturated rings. The number of anilines is 1. The van der Waals surface area contributed by atoms with E-state index in [0.29, 0.717) is 16.4 Å². The van der Waals surface area contributed by atoms with Crippen LogP contribution in [0.5, 0.6) is 0 Å². The molecule has 0 aliphatic carbocycles. The predicted octanol–water partition coefficient (Wildman–Crippen LogP) is 1.65. The van der Waals surface area contributed by atoms with E-state index in [2.05, 4.69) is 10.4 Å². The summed E-state index contributed by atoms with van der Waals surface area (Å²) in [5, 5.41) is 7.11. The number of carbonyl (C=O) groups excluding carboxylic acids is 1. The normalized spacial score (nSPS) is 12.3. The van der Waals surface area contributed by atoms with E-state index in [1.54, 1.807) is 41.3 Å². The molecule has 1 heterocycles. The van der Waals surface area contributed by atoms with Crippen LogP contribution < -0.4 is 11.1 Å². The summed E-state index contributed by atoms with van der Waals surface area (Å²) in [6.45, 7) is 0. The fraction of sp³-hybridized carbons (Fsp3) is 0.286. The van der Waals surface area contributed by atoms with E-state index in [4.69, 9.17) is 17.3 Å². The quantitative estimate of drug-likeness (QED) is 0.776. The van der Waals surface area contributed by atoms with Gasteiger partial charge in [0, 0.05) is 24.3 Å². The van der Waals surface area contributed by atoms with Crippen molar-refractivity contribution >= 4 is 45.4 Å². The Hall–Kier alpha value is -1.61. The third-order valence-corrected chi connectivity index (χ3v) is 4.38. The van der Waals surface area contributed by atoms with Crippen molar-refractivity contribution in [3.63, 3.8) is 0 Å². The van der Waals surface area contributed by atoms with Gasteiger partial charge in [-0.25, -0.2) is 13.1 Å². The van der Waals surface area contributed by atoms with Crippen LogP contribution in [0.1, 0.15) is 6.42 Å². The molecule has 0 bridgehead atoms. The molecule has 7 nitrogen and oxygen atoms in total. The van der Waals surface area contributed by atoms with Gasteiger partial charge in [-0.1, -0.05) is 11.6 Å². The maximum absolute atomic E-state index is 12.0. The summed E-state index contributed by atoms with van der Waals surface area (Å²) in [5.74, 6) is -0.600. The van der Waals surface area contributed by atoms with Gasteiger partial charge >= 0.3 is 0 Å².